The summed E-state index contributed by atoms with van der Waals surface area (Å²) in [6, 6.07) is -1.51. The number of aliphatic carboxylic acids is 1. The number of hydrogen-bond donors (Lipinski definition) is 3. The third-order valence-electron chi connectivity index (χ3n) is 3.34. The molecule has 2 unspecified atom stereocenters. The smallest absolute Gasteiger partial charge is 0.326 e. The Bertz CT molecular complexity index is 268. The lowest BCUT2D eigenvalue weighted by Crippen LogP contribution is -2.52. The highest BCUT2D eigenvalue weighted by molar-refractivity contribution is 5.87. The van der Waals surface area contributed by atoms with E-state index in [2.05, 4.69) is 5.32 Å². The van der Waals surface area contributed by atoms with Crippen molar-refractivity contribution in [1.29, 1.82) is 0 Å². The van der Waals surface area contributed by atoms with Gasteiger partial charge in [-0.2, -0.15) is 0 Å². The average Bonchev–Trinajstić information content (AvgIpc) is 2.32. The third kappa shape index (κ3) is 4.73. The van der Waals surface area contributed by atoms with E-state index < -0.39 is 18.1 Å². The Morgan fingerprint density at radius 3 is 2.00 bits per heavy atom. The van der Waals surface area contributed by atoms with Gasteiger partial charge in [0, 0.05) is 0 Å². The number of carboxylic acids is 1. The lowest BCUT2D eigenvalue weighted by Gasteiger charge is -2.24. The number of nitrogens with one attached hydrogen (secondary N) is 1. The summed E-state index contributed by atoms with van der Waals surface area (Å²) in [5.41, 5.74) is 5.76. The summed E-state index contributed by atoms with van der Waals surface area (Å²) in [5, 5.41) is 11.6. The van der Waals surface area contributed by atoms with Crippen molar-refractivity contribution in [3.8, 4) is 0 Å². The number of amides is 1. The Balaban J connectivity index is 4.56. The number of nitrogens with two attached hydrogens (primary N) is 1. The minimum absolute atomic E-state index is 0.0429. The van der Waals surface area contributed by atoms with Gasteiger partial charge in [-0.25, -0.2) is 4.79 Å². The van der Waals surface area contributed by atoms with E-state index in [0.717, 1.165) is 6.42 Å². The highest BCUT2D eigenvalue weighted by Crippen LogP contribution is 2.10. The summed E-state index contributed by atoms with van der Waals surface area (Å²) >= 11 is 0. The molecule has 0 saturated heterocycles. The summed E-state index contributed by atoms with van der Waals surface area (Å²) in [7, 11) is 0. The molecule has 0 fully saturated rings. The van der Waals surface area contributed by atoms with Crippen LogP contribution in [0.1, 0.15) is 40.5 Å². The van der Waals surface area contributed by atoms with E-state index in [1.807, 2.05) is 20.8 Å². The molecule has 0 aromatic heterocycles. The zero-order chi connectivity index (χ0) is 13.6. The van der Waals surface area contributed by atoms with Gasteiger partial charge in [0.25, 0.3) is 0 Å². The van der Waals surface area contributed by atoms with Crippen LogP contribution < -0.4 is 11.1 Å². The van der Waals surface area contributed by atoms with Gasteiger partial charge in [0.05, 0.1) is 6.04 Å². The number of hydrogen-bond acceptors (Lipinski definition) is 3. The van der Waals surface area contributed by atoms with Crippen LogP contribution in [0.3, 0.4) is 0 Å². The second-order valence-corrected chi connectivity index (χ2v) is 4.62. The topological polar surface area (TPSA) is 92.4 Å². The molecule has 17 heavy (non-hydrogen) atoms. The quantitative estimate of drug-likeness (QED) is 0.622. The molecular formula is C12H24N2O3. The molecule has 0 rings (SSSR count). The maximum absolute atomic E-state index is 11.8. The lowest BCUT2D eigenvalue weighted by atomic mass is 9.96. The molecule has 0 radical (unpaired) electrons. The summed E-state index contributed by atoms with van der Waals surface area (Å²) in [6.07, 6.45) is 1.48. The predicted octanol–water partition coefficient (Wildman–Crippen LogP) is 0.975. The van der Waals surface area contributed by atoms with Crippen molar-refractivity contribution in [3.05, 3.63) is 0 Å². The predicted molar refractivity (Wildman–Crippen MR) is 66.5 cm³/mol. The molecular weight excluding hydrogens is 220 g/mol. The van der Waals surface area contributed by atoms with Crippen LogP contribution in [0.4, 0.5) is 0 Å². The molecule has 5 nitrogen and oxygen atoms in total. The Hall–Kier alpha value is -1.10. The molecule has 0 aromatic carbocycles. The van der Waals surface area contributed by atoms with E-state index in [9.17, 15) is 9.59 Å². The molecule has 0 aliphatic carbocycles. The Morgan fingerprint density at radius 1 is 1.18 bits per heavy atom. The van der Waals surface area contributed by atoms with Crippen LogP contribution in [0.5, 0.6) is 0 Å². The van der Waals surface area contributed by atoms with Crippen molar-refractivity contribution in [2.24, 2.45) is 17.6 Å². The van der Waals surface area contributed by atoms with E-state index in [4.69, 9.17) is 10.8 Å². The standard InChI is InChI=1S/C12H24N2O3/c1-5-7(3)9(13)11(15)14-10(12(16)17)8(4)6-2/h7-10H,5-6,13H2,1-4H3,(H,14,15)(H,16,17)/t7?,8?,9-,10-/m1/s1. The van der Waals surface area contributed by atoms with E-state index in [1.54, 1.807) is 6.92 Å². The molecule has 0 heterocycles. The minimum atomic E-state index is -1.01. The fraction of sp³-hybridized carbons (Fsp3) is 0.833. The fourth-order valence-electron chi connectivity index (χ4n) is 1.44. The minimum Gasteiger partial charge on any atom is -0.480 e. The molecule has 0 aliphatic rings. The molecule has 1 amide bonds. The Labute approximate surface area is 103 Å². The monoisotopic (exact) mass is 244 g/mol. The third-order valence-corrected chi connectivity index (χ3v) is 3.34. The summed E-state index contributed by atoms with van der Waals surface area (Å²) in [4.78, 5) is 22.8. The second kappa shape index (κ2) is 7.27. The van der Waals surface area contributed by atoms with E-state index in [-0.39, 0.29) is 17.7 Å². The highest BCUT2D eigenvalue weighted by atomic mass is 16.4. The fourth-order valence-corrected chi connectivity index (χ4v) is 1.44. The second-order valence-electron chi connectivity index (χ2n) is 4.62. The largest absolute Gasteiger partial charge is 0.480 e. The normalized spacial score (nSPS) is 17.9. The van der Waals surface area contributed by atoms with Gasteiger partial charge in [0.15, 0.2) is 0 Å². The number of rotatable bonds is 7. The lowest BCUT2D eigenvalue weighted by molar-refractivity contribution is -0.143. The number of carbonyl (C=O) groups excluding carboxylic acids is 1. The van der Waals surface area contributed by atoms with Crippen molar-refractivity contribution >= 4 is 11.9 Å². The molecule has 4 atom stereocenters. The Kier molecular flexibility index (Phi) is 6.80. The molecule has 0 bridgehead atoms. The number of carbonyl (C=O) groups is 2. The van der Waals surface area contributed by atoms with Crippen LogP contribution in [0.15, 0.2) is 0 Å². The maximum atomic E-state index is 11.8. The van der Waals surface area contributed by atoms with Crippen LogP contribution in [0, 0.1) is 11.8 Å². The highest BCUT2D eigenvalue weighted by Gasteiger charge is 2.28. The van der Waals surface area contributed by atoms with Gasteiger partial charge < -0.3 is 16.2 Å². The van der Waals surface area contributed by atoms with Crippen molar-refractivity contribution in [2.75, 3.05) is 0 Å². The summed E-state index contributed by atoms with van der Waals surface area (Å²) in [6.45, 7) is 7.51. The first-order valence-corrected chi connectivity index (χ1v) is 6.13. The molecule has 0 saturated carbocycles. The van der Waals surface area contributed by atoms with Gasteiger partial charge in [0.2, 0.25) is 5.91 Å². The van der Waals surface area contributed by atoms with Gasteiger partial charge in [-0.3, -0.25) is 4.79 Å². The SMILES string of the molecule is CCC(C)[C@@H](N)C(=O)N[C@@H](C(=O)O)C(C)CC. The Morgan fingerprint density at radius 2 is 1.65 bits per heavy atom. The first-order chi connectivity index (χ1) is 7.84. The summed E-state index contributed by atoms with van der Waals surface area (Å²) in [5.74, 6) is -1.46. The molecule has 4 N–H and O–H groups in total. The molecule has 100 valence electrons. The zero-order valence-corrected chi connectivity index (χ0v) is 11.1. The van der Waals surface area contributed by atoms with Crippen molar-refractivity contribution in [1.82, 2.24) is 5.32 Å². The van der Waals surface area contributed by atoms with E-state index in [1.165, 1.54) is 0 Å². The van der Waals surface area contributed by atoms with Crippen LogP contribution in [-0.2, 0) is 9.59 Å². The van der Waals surface area contributed by atoms with Crippen LogP contribution >= 0.6 is 0 Å². The van der Waals surface area contributed by atoms with Crippen LogP contribution in [-0.4, -0.2) is 29.1 Å². The van der Waals surface area contributed by atoms with E-state index >= 15 is 0 Å². The molecule has 5 heteroatoms. The summed E-state index contributed by atoms with van der Waals surface area (Å²) < 4.78 is 0. The zero-order valence-electron chi connectivity index (χ0n) is 11.1. The number of carboxylic acid groups (broad SMARTS) is 1. The van der Waals surface area contributed by atoms with Gasteiger partial charge in [-0.05, 0) is 11.8 Å². The first-order valence-electron chi connectivity index (χ1n) is 6.13. The van der Waals surface area contributed by atoms with Crippen LogP contribution in [0.25, 0.3) is 0 Å². The first kappa shape index (κ1) is 15.9. The van der Waals surface area contributed by atoms with Crippen LogP contribution in [0.2, 0.25) is 0 Å². The maximum Gasteiger partial charge on any atom is 0.326 e. The van der Waals surface area contributed by atoms with Gasteiger partial charge in [-0.1, -0.05) is 40.5 Å². The van der Waals surface area contributed by atoms with Gasteiger partial charge >= 0.3 is 5.97 Å². The average molecular weight is 244 g/mol. The van der Waals surface area contributed by atoms with Gasteiger partial charge in [0.1, 0.15) is 6.04 Å². The van der Waals surface area contributed by atoms with Crippen molar-refractivity contribution < 1.29 is 14.7 Å². The van der Waals surface area contributed by atoms with Crippen molar-refractivity contribution in [2.45, 2.75) is 52.6 Å². The van der Waals surface area contributed by atoms with E-state index in [0.29, 0.717) is 6.42 Å². The van der Waals surface area contributed by atoms with Crippen molar-refractivity contribution in [3.63, 3.8) is 0 Å². The molecule has 0 spiro atoms. The van der Waals surface area contributed by atoms with Gasteiger partial charge in [-0.15, -0.1) is 0 Å². The molecule has 0 aromatic rings. The molecule has 0 aliphatic heterocycles.